The van der Waals surface area contributed by atoms with E-state index in [-0.39, 0.29) is 17.3 Å². The van der Waals surface area contributed by atoms with Gasteiger partial charge >= 0.3 is 7.12 Å². The first kappa shape index (κ1) is 26.1. The normalized spacial score (nSPS) is 15.6. The van der Waals surface area contributed by atoms with Gasteiger partial charge in [-0.3, -0.25) is 4.79 Å². The van der Waals surface area contributed by atoms with E-state index < -0.39 is 7.12 Å². The number of piperidine rings is 1. The molecule has 4 aromatic rings. The Balaban J connectivity index is 1.42. The van der Waals surface area contributed by atoms with E-state index in [1.54, 1.807) is 24.3 Å². The van der Waals surface area contributed by atoms with Crippen molar-refractivity contribution in [2.45, 2.75) is 46.1 Å². The molecule has 0 spiro atoms. The molecule has 0 amide bonds. The molecule has 0 bridgehead atoms. The zero-order valence-corrected chi connectivity index (χ0v) is 22.8. The fourth-order valence-electron chi connectivity index (χ4n) is 5.79. The Morgan fingerprint density at radius 3 is 2.70 bits per heavy atom. The largest absolute Gasteiger partial charge is 0.583 e. The molecular weight excluding hydrogens is 508 g/mol. The van der Waals surface area contributed by atoms with Crippen LogP contribution in [0.4, 0.5) is 16.0 Å². The first-order valence-corrected chi connectivity index (χ1v) is 13.7. The van der Waals surface area contributed by atoms with Gasteiger partial charge in [0.2, 0.25) is 5.88 Å². The van der Waals surface area contributed by atoms with Crippen molar-refractivity contribution in [3.8, 4) is 11.1 Å². The maximum atomic E-state index is 15.4. The van der Waals surface area contributed by atoms with Crippen LogP contribution in [0.5, 0.6) is 0 Å². The summed E-state index contributed by atoms with van der Waals surface area (Å²) < 4.78 is 26.8. The molecule has 7 nitrogen and oxygen atoms in total. The van der Waals surface area contributed by atoms with Crippen LogP contribution in [-0.4, -0.2) is 31.4 Å². The van der Waals surface area contributed by atoms with E-state index in [1.165, 1.54) is 18.7 Å². The molecule has 0 saturated carbocycles. The maximum absolute atomic E-state index is 15.4. The second-order valence-corrected chi connectivity index (χ2v) is 10.7. The number of benzene rings is 3. The quantitative estimate of drug-likeness (QED) is 0.329. The maximum Gasteiger partial charge on any atom is 0.583 e. The highest BCUT2D eigenvalue weighted by Gasteiger charge is 2.26. The molecule has 3 heterocycles. The molecule has 204 valence electrons. The summed E-state index contributed by atoms with van der Waals surface area (Å²) in [5, 5.41) is 17.8. The van der Waals surface area contributed by atoms with Gasteiger partial charge < -0.3 is 24.4 Å². The van der Waals surface area contributed by atoms with E-state index >= 15 is 4.39 Å². The number of rotatable bonds is 5. The van der Waals surface area contributed by atoms with Gasteiger partial charge in [-0.1, -0.05) is 24.3 Å². The average Bonchev–Trinajstić information content (AvgIpc) is 2.95. The second-order valence-electron chi connectivity index (χ2n) is 10.7. The average molecular weight is 539 g/mol. The van der Waals surface area contributed by atoms with E-state index in [0.29, 0.717) is 50.3 Å². The van der Waals surface area contributed by atoms with E-state index in [2.05, 4.69) is 15.4 Å². The van der Waals surface area contributed by atoms with E-state index in [1.807, 2.05) is 39.0 Å². The van der Waals surface area contributed by atoms with Crippen molar-refractivity contribution in [2.75, 3.05) is 23.3 Å². The molecular formula is C31H31BFN3O4. The van der Waals surface area contributed by atoms with Crippen molar-refractivity contribution >= 4 is 41.3 Å². The van der Waals surface area contributed by atoms with Gasteiger partial charge in [-0.2, -0.15) is 0 Å². The molecule has 0 radical (unpaired) electrons. The molecule has 1 fully saturated rings. The van der Waals surface area contributed by atoms with Gasteiger partial charge in [-0.05, 0) is 81.0 Å². The number of nitrogens with one attached hydrogen (secondary N) is 1. The number of aryl methyl sites for hydroxylation is 1. The highest BCUT2D eigenvalue weighted by atomic mass is 19.1. The van der Waals surface area contributed by atoms with Crippen molar-refractivity contribution in [1.29, 1.82) is 0 Å². The summed E-state index contributed by atoms with van der Waals surface area (Å²) in [6.07, 6.45) is 4.83. The molecule has 1 saturated heterocycles. The van der Waals surface area contributed by atoms with Crippen molar-refractivity contribution in [3.63, 3.8) is 0 Å². The topological polar surface area (TPSA) is 87.3 Å². The summed E-state index contributed by atoms with van der Waals surface area (Å²) >= 11 is 0. The van der Waals surface area contributed by atoms with Gasteiger partial charge in [0.05, 0.1) is 23.2 Å². The molecule has 0 aliphatic carbocycles. The first-order chi connectivity index (χ1) is 19.3. The fraction of sp³-hybridized carbons (Fsp3) is 0.290. The predicted octanol–water partition coefficient (Wildman–Crippen LogP) is 5.43. The molecule has 2 aliphatic heterocycles. The molecule has 6 rings (SSSR count). The highest BCUT2D eigenvalue weighted by Crippen LogP contribution is 2.36. The molecule has 1 aromatic heterocycles. The van der Waals surface area contributed by atoms with Crippen LogP contribution < -0.4 is 21.1 Å². The van der Waals surface area contributed by atoms with Crippen molar-refractivity contribution in [2.24, 2.45) is 5.16 Å². The summed E-state index contributed by atoms with van der Waals surface area (Å²) in [4.78, 5) is 15.7. The number of anilines is 2. The van der Waals surface area contributed by atoms with Crippen LogP contribution in [0.25, 0.3) is 22.1 Å². The zero-order chi connectivity index (χ0) is 28.0. The van der Waals surface area contributed by atoms with Gasteiger partial charge in [0.1, 0.15) is 11.4 Å². The molecule has 1 atom stereocenters. The molecule has 9 heteroatoms. The van der Waals surface area contributed by atoms with Crippen molar-refractivity contribution in [1.82, 2.24) is 0 Å². The Morgan fingerprint density at radius 1 is 1.10 bits per heavy atom. The van der Waals surface area contributed by atoms with Gasteiger partial charge in [-0.15, -0.1) is 5.16 Å². The third-order valence-corrected chi connectivity index (χ3v) is 7.86. The van der Waals surface area contributed by atoms with Gasteiger partial charge in [0, 0.05) is 35.4 Å². The number of hydrogen-bond acceptors (Lipinski definition) is 7. The van der Waals surface area contributed by atoms with Crippen LogP contribution in [0.15, 0.2) is 62.9 Å². The summed E-state index contributed by atoms with van der Waals surface area (Å²) in [6.45, 7) is 7.52. The summed E-state index contributed by atoms with van der Waals surface area (Å²) in [7, 11) is -1.16. The van der Waals surface area contributed by atoms with Crippen LogP contribution in [0.3, 0.4) is 0 Å². The second kappa shape index (κ2) is 10.5. The third kappa shape index (κ3) is 4.64. The number of fused-ring (bicyclic) bond motifs is 2. The van der Waals surface area contributed by atoms with Crippen LogP contribution in [0.2, 0.25) is 0 Å². The smallest absolute Gasteiger partial charge is 0.440 e. The molecule has 40 heavy (non-hydrogen) atoms. The lowest BCUT2D eigenvalue weighted by Gasteiger charge is -2.29. The monoisotopic (exact) mass is 539 g/mol. The minimum Gasteiger partial charge on any atom is -0.440 e. The fourth-order valence-corrected chi connectivity index (χ4v) is 5.79. The van der Waals surface area contributed by atoms with Gasteiger partial charge in [0.25, 0.3) is 0 Å². The predicted molar refractivity (Wildman–Crippen MR) is 158 cm³/mol. The number of nitrogens with zero attached hydrogens (tertiary/aromatic N) is 2. The molecule has 3 aromatic carbocycles. The van der Waals surface area contributed by atoms with Gasteiger partial charge in [0.15, 0.2) is 5.43 Å². The number of hydrogen-bond donors (Lipinski definition) is 2. The van der Waals surface area contributed by atoms with Crippen LogP contribution in [-0.2, 0) is 4.76 Å². The van der Waals surface area contributed by atoms with E-state index in [0.717, 1.165) is 37.1 Å². The third-order valence-electron chi connectivity index (χ3n) is 7.86. The zero-order valence-electron chi connectivity index (χ0n) is 22.8. The Hall–Kier alpha value is -4.11. The minimum atomic E-state index is -1.16. The Morgan fingerprint density at radius 2 is 1.90 bits per heavy atom. The lowest BCUT2D eigenvalue weighted by molar-refractivity contribution is 0.286. The van der Waals surface area contributed by atoms with Crippen LogP contribution in [0, 0.1) is 19.7 Å². The Kier molecular flexibility index (Phi) is 6.84. The summed E-state index contributed by atoms with van der Waals surface area (Å²) in [5.74, 6) is 0.258. The SMILES string of the molecule is Cc1cc(C(C)Nc2cccc(F)c2-c2ccc3c(c2)C=NOB3O)c2oc(N3CCCCC3)c(C)c(=O)c2c1. The summed E-state index contributed by atoms with van der Waals surface area (Å²) in [6, 6.07) is 13.8. The Labute approximate surface area is 232 Å². The Bertz CT molecular complexity index is 1700. The minimum absolute atomic E-state index is 0.0210. The van der Waals surface area contributed by atoms with Crippen molar-refractivity contribution < 1.29 is 18.6 Å². The standard InChI is InChI=1S/C31H31BFN3O4/c1-18-14-23(30-24(15-18)29(37)19(2)31(39-30)36-12-5-4-6-13-36)20(3)35-27-9-7-8-26(33)28(27)21-10-11-25-22(16-21)17-34-40-32(25)38/h7-11,14-17,20,35,38H,4-6,12-13H2,1-3H3. The molecule has 2 N–H and O–H groups in total. The van der Waals surface area contributed by atoms with E-state index in [9.17, 15) is 9.82 Å². The van der Waals surface area contributed by atoms with Gasteiger partial charge in [-0.25, -0.2) is 4.39 Å². The van der Waals surface area contributed by atoms with Crippen molar-refractivity contribution in [3.05, 3.63) is 86.8 Å². The highest BCUT2D eigenvalue weighted by molar-refractivity contribution is 6.62. The number of halogens is 1. The molecule has 2 aliphatic rings. The molecule has 1 unspecified atom stereocenters. The lowest BCUT2D eigenvalue weighted by atomic mass is 9.75. The van der Waals surface area contributed by atoms with Crippen LogP contribution >= 0.6 is 0 Å². The van der Waals surface area contributed by atoms with Crippen LogP contribution in [0.1, 0.15) is 54.5 Å². The summed E-state index contributed by atoms with van der Waals surface area (Å²) in [5.41, 5.74) is 5.80. The number of oxime groups is 1. The lowest BCUT2D eigenvalue weighted by Crippen LogP contribution is -2.37. The first-order valence-electron chi connectivity index (χ1n) is 13.7. The van der Waals surface area contributed by atoms with E-state index in [4.69, 9.17) is 9.17 Å².